The van der Waals surface area contributed by atoms with Gasteiger partial charge >= 0.3 is 11.9 Å². The van der Waals surface area contributed by atoms with Crippen molar-refractivity contribution in [1.82, 2.24) is 0 Å². The second-order valence-electron chi connectivity index (χ2n) is 2.80. The van der Waals surface area contributed by atoms with Crippen LogP contribution in [0.3, 0.4) is 0 Å². The SMILES string of the molecule is CCOC(=O)C(F)(F)c1ccc(I)cc1. The molecule has 1 aromatic rings. The molecule has 0 unspecified atom stereocenters. The topological polar surface area (TPSA) is 26.3 Å². The highest BCUT2D eigenvalue weighted by Gasteiger charge is 2.42. The number of carbonyl (C=O) groups excluding carboxylic acids is 1. The van der Waals surface area contributed by atoms with Crippen molar-refractivity contribution in [2.75, 3.05) is 6.61 Å². The molecule has 0 aliphatic carbocycles. The molecule has 15 heavy (non-hydrogen) atoms. The number of hydrogen-bond donors (Lipinski definition) is 0. The minimum Gasteiger partial charge on any atom is -0.461 e. The van der Waals surface area contributed by atoms with Crippen LogP contribution in [0.5, 0.6) is 0 Å². The van der Waals surface area contributed by atoms with E-state index in [4.69, 9.17) is 0 Å². The van der Waals surface area contributed by atoms with Crippen LogP contribution in [0.4, 0.5) is 8.78 Å². The minimum atomic E-state index is -3.57. The summed E-state index contributed by atoms with van der Waals surface area (Å²) in [4.78, 5) is 11.0. The van der Waals surface area contributed by atoms with E-state index in [1.54, 1.807) is 0 Å². The molecule has 0 saturated carbocycles. The highest BCUT2D eigenvalue weighted by Crippen LogP contribution is 2.29. The first kappa shape index (κ1) is 12.4. The third kappa shape index (κ3) is 2.87. The van der Waals surface area contributed by atoms with Crippen molar-refractivity contribution in [3.63, 3.8) is 0 Å². The minimum absolute atomic E-state index is 0.0568. The van der Waals surface area contributed by atoms with Gasteiger partial charge in [-0.2, -0.15) is 8.78 Å². The highest BCUT2D eigenvalue weighted by atomic mass is 127. The largest absolute Gasteiger partial charge is 0.461 e. The van der Waals surface area contributed by atoms with Crippen LogP contribution >= 0.6 is 22.6 Å². The van der Waals surface area contributed by atoms with Crippen LogP contribution in [0.1, 0.15) is 12.5 Å². The van der Waals surface area contributed by atoms with Crippen LogP contribution in [0.2, 0.25) is 0 Å². The van der Waals surface area contributed by atoms with Crippen molar-refractivity contribution in [1.29, 1.82) is 0 Å². The lowest BCUT2D eigenvalue weighted by Gasteiger charge is -2.14. The number of halogens is 3. The van der Waals surface area contributed by atoms with Gasteiger partial charge in [0.2, 0.25) is 0 Å². The van der Waals surface area contributed by atoms with E-state index >= 15 is 0 Å². The number of hydrogen-bond acceptors (Lipinski definition) is 2. The van der Waals surface area contributed by atoms with Crippen molar-refractivity contribution in [2.45, 2.75) is 12.8 Å². The number of carbonyl (C=O) groups is 1. The maximum atomic E-state index is 13.4. The lowest BCUT2D eigenvalue weighted by molar-refractivity contribution is -0.173. The Kier molecular flexibility index (Phi) is 4.01. The smallest absolute Gasteiger partial charge is 0.381 e. The second-order valence-corrected chi connectivity index (χ2v) is 4.05. The molecule has 0 aliphatic rings. The van der Waals surface area contributed by atoms with Crippen LogP contribution in [0.15, 0.2) is 24.3 Å². The van der Waals surface area contributed by atoms with E-state index in [9.17, 15) is 13.6 Å². The van der Waals surface area contributed by atoms with Gasteiger partial charge < -0.3 is 4.74 Å². The van der Waals surface area contributed by atoms with E-state index in [2.05, 4.69) is 4.74 Å². The van der Waals surface area contributed by atoms with Crippen molar-refractivity contribution in [3.05, 3.63) is 33.4 Å². The molecular formula is C10H9F2IO2. The molecular weight excluding hydrogens is 317 g/mol. The zero-order chi connectivity index (χ0) is 11.5. The summed E-state index contributed by atoms with van der Waals surface area (Å²) in [5.74, 6) is -5.08. The normalized spacial score (nSPS) is 11.2. The molecule has 0 atom stereocenters. The molecule has 0 bridgehead atoms. The zero-order valence-electron chi connectivity index (χ0n) is 7.97. The summed E-state index contributed by atoms with van der Waals surface area (Å²) in [6, 6.07) is 5.48. The first-order valence-electron chi connectivity index (χ1n) is 4.29. The van der Waals surface area contributed by atoms with Crippen LogP contribution in [0.25, 0.3) is 0 Å². The Hall–Kier alpha value is -0.720. The Morgan fingerprint density at radius 3 is 2.40 bits per heavy atom. The number of rotatable bonds is 3. The molecule has 0 aliphatic heterocycles. The molecule has 0 N–H and O–H groups in total. The molecule has 0 spiro atoms. The molecule has 0 amide bonds. The zero-order valence-corrected chi connectivity index (χ0v) is 10.1. The monoisotopic (exact) mass is 326 g/mol. The summed E-state index contributed by atoms with van der Waals surface area (Å²) in [6.07, 6.45) is 0. The van der Waals surface area contributed by atoms with Crippen molar-refractivity contribution in [2.24, 2.45) is 0 Å². The fraction of sp³-hybridized carbons (Fsp3) is 0.300. The Morgan fingerprint density at radius 1 is 1.40 bits per heavy atom. The lowest BCUT2D eigenvalue weighted by Crippen LogP contribution is -2.28. The highest BCUT2D eigenvalue weighted by molar-refractivity contribution is 14.1. The summed E-state index contributed by atoms with van der Waals surface area (Å²) in [7, 11) is 0. The average Bonchev–Trinajstić information content (AvgIpc) is 2.18. The van der Waals surface area contributed by atoms with Gasteiger partial charge in [0.25, 0.3) is 0 Å². The number of alkyl halides is 2. The summed E-state index contributed by atoms with van der Waals surface area (Å²) in [6.45, 7) is 1.43. The summed E-state index contributed by atoms with van der Waals surface area (Å²) in [5, 5.41) is 0. The molecule has 0 saturated heterocycles. The maximum Gasteiger partial charge on any atom is 0.381 e. The first-order valence-corrected chi connectivity index (χ1v) is 5.37. The fourth-order valence-corrected chi connectivity index (χ4v) is 1.36. The van der Waals surface area contributed by atoms with Crippen molar-refractivity contribution >= 4 is 28.6 Å². The molecule has 2 nitrogen and oxygen atoms in total. The van der Waals surface area contributed by atoms with Crippen molar-refractivity contribution in [3.8, 4) is 0 Å². The Bertz CT molecular complexity index is 349. The van der Waals surface area contributed by atoms with Crippen LogP contribution in [0, 0.1) is 3.57 Å². The predicted molar refractivity (Wildman–Crippen MR) is 59.7 cm³/mol. The summed E-state index contributed by atoms with van der Waals surface area (Å²) >= 11 is 2.00. The third-order valence-electron chi connectivity index (χ3n) is 1.74. The van der Waals surface area contributed by atoms with Gasteiger partial charge in [-0.25, -0.2) is 4.79 Å². The average molecular weight is 326 g/mol. The fourth-order valence-electron chi connectivity index (χ4n) is 0.999. The standard InChI is InChI=1S/C10H9F2IO2/c1-2-15-9(14)10(11,12)7-3-5-8(13)6-4-7/h3-6H,2H2,1H3. The van der Waals surface area contributed by atoms with Crippen LogP contribution < -0.4 is 0 Å². The van der Waals surface area contributed by atoms with Gasteiger partial charge in [-0.05, 0) is 41.6 Å². The van der Waals surface area contributed by atoms with Gasteiger partial charge in [0, 0.05) is 9.13 Å². The second kappa shape index (κ2) is 4.87. The molecule has 0 radical (unpaired) electrons. The van der Waals surface area contributed by atoms with E-state index in [0.717, 1.165) is 3.57 Å². The van der Waals surface area contributed by atoms with Crippen LogP contribution in [-0.2, 0) is 15.5 Å². The summed E-state index contributed by atoms with van der Waals surface area (Å²) in [5.41, 5.74) is -0.346. The number of ether oxygens (including phenoxy) is 1. The van der Waals surface area contributed by atoms with Crippen molar-refractivity contribution < 1.29 is 18.3 Å². The van der Waals surface area contributed by atoms with Gasteiger partial charge in [-0.3, -0.25) is 0 Å². The molecule has 5 heteroatoms. The molecule has 0 aromatic heterocycles. The van der Waals surface area contributed by atoms with E-state index in [-0.39, 0.29) is 12.2 Å². The van der Waals surface area contributed by atoms with Gasteiger partial charge in [0.05, 0.1) is 6.61 Å². The number of benzene rings is 1. The van der Waals surface area contributed by atoms with Gasteiger partial charge in [0.1, 0.15) is 0 Å². The Labute approximate surface area is 99.8 Å². The lowest BCUT2D eigenvalue weighted by atomic mass is 10.1. The van der Waals surface area contributed by atoms with E-state index in [1.807, 2.05) is 22.6 Å². The van der Waals surface area contributed by atoms with E-state index in [0.29, 0.717) is 0 Å². The quantitative estimate of drug-likeness (QED) is 0.631. The Balaban J connectivity index is 2.94. The van der Waals surface area contributed by atoms with E-state index in [1.165, 1.54) is 31.2 Å². The first-order chi connectivity index (χ1) is 6.98. The molecule has 1 aromatic carbocycles. The van der Waals surface area contributed by atoms with Crippen LogP contribution in [-0.4, -0.2) is 12.6 Å². The maximum absolute atomic E-state index is 13.4. The van der Waals surface area contributed by atoms with Gasteiger partial charge in [0.15, 0.2) is 0 Å². The predicted octanol–water partition coefficient (Wildman–Crippen LogP) is 2.95. The molecule has 0 fully saturated rings. The molecule has 0 heterocycles. The molecule has 1 rings (SSSR count). The number of esters is 1. The summed E-state index contributed by atoms with van der Waals surface area (Å²) < 4.78 is 31.9. The third-order valence-corrected chi connectivity index (χ3v) is 2.46. The molecule has 82 valence electrons. The van der Waals surface area contributed by atoms with Gasteiger partial charge in [-0.1, -0.05) is 12.1 Å². The van der Waals surface area contributed by atoms with E-state index < -0.39 is 11.9 Å². The van der Waals surface area contributed by atoms with Gasteiger partial charge in [-0.15, -0.1) is 0 Å². The Morgan fingerprint density at radius 2 is 1.93 bits per heavy atom.